The van der Waals surface area contributed by atoms with E-state index < -0.39 is 25.1 Å². The van der Waals surface area contributed by atoms with Gasteiger partial charge in [-0.05, 0) is 24.1 Å². The quantitative estimate of drug-likeness (QED) is 0.724. The van der Waals surface area contributed by atoms with Crippen LogP contribution < -0.4 is 4.72 Å². The molecule has 136 valence electrons. The molecule has 1 N–H and O–H groups in total. The fourth-order valence-electron chi connectivity index (χ4n) is 2.46. The minimum absolute atomic E-state index is 0.00358. The van der Waals surface area contributed by atoms with E-state index in [4.69, 9.17) is 0 Å². The van der Waals surface area contributed by atoms with Gasteiger partial charge >= 0.3 is 0 Å². The highest BCUT2D eigenvalue weighted by atomic mass is 32.2. The van der Waals surface area contributed by atoms with Crippen LogP contribution in [0.5, 0.6) is 0 Å². The van der Waals surface area contributed by atoms with Crippen molar-refractivity contribution < 1.29 is 16.8 Å². The third kappa shape index (κ3) is 5.39. The summed E-state index contributed by atoms with van der Waals surface area (Å²) in [5.41, 5.74) is 0.560. The van der Waals surface area contributed by atoms with Crippen LogP contribution in [0.4, 0.5) is 0 Å². The van der Waals surface area contributed by atoms with Gasteiger partial charge in [-0.2, -0.15) is 0 Å². The van der Waals surface area contributed by atoms with Crippen molar-refractivity contribution in [3.8, 4) is 0 Å². The van der Waals surface area contributed by atoms with Gasteiger partial charge in [0.05, 0.1) is 10.6 Å². The van der Waals surface area contributed by atoms with Crippen molar-refractivity contribution in [3.05, 3.63) is 66.2 Å². The van der Waals surface area contributed by atoms with E-state index in [0.29, 0.717) is 12.0 Å². The molecule has 7 heteroatoms. The molecule has 0 aliphatic carbocycles. The molecule has 0 unspecified atom stereocenters. The van der Waals surface area contributed by atoms with Gasteiger partial charge in [-0.15, -0.1) is 0 Å². The molecule has 0 radical (unpaired) electrons. The lowest BCUT2D eigenvalue weighted by molar-refractivity contribution is 0.567. The van der Waals surface area contributed by atoms with E-state index in [-0.39, 0.29) is 17.2 Å². The minimum atomic E-state index is -3.72. The minimum Gasteiger partial charge on any atom is -0.223 e. The molecule has 25 heavy (non-hydrogen) atoms. The van der Waals surface area contributed by atoms with Crippen molar-refractivity contribution in [2.24, 2.45) is 0 Å². The highest BCUT2D eigenvalue weighted by molar-refractivity contribution is 7.92. The average molecular weight is 382 g/mol. The van der Waals surface area contributed by atoms with Crippen molar-refractivity contribution in [1.29, 1.82) is 0 Å². The Kier molecular flexibility index (Phi) is 6.75. The molecule has 0 bridgehead atoms. The van der Waals surface area contributed by atoms with E-state index in [2.05, 4.69) is 4.72 Å². The monoisotopic (exact) mass is 381 g/mol. The lowest BCUT2D eigenvalue weighted by atomic mass is 10.1. The van der Waals surface area contributed by atoms with Crippen LogP contribution in [0.1, 0.15) is 30.6 Å². The Balaban J connectivity index is 2.32. The lowest BCUT2D eigenvalue weighted by Crippen LogP contribution is -2.33. The predicted octanol–water partition coefficient (Wildman–Crippen LogP) is 2.92. The number of benzene rings is 2. The molecule has 0 saturated carbocycles. The van der Waals surface area contributed by atoms with Crippen molar-refractivity contribution in [2.45, 2.75) is 29.9 Å². The summed E-state index contributed by atoms with van der Waals surface area (Å²) in [6.45, 7) is 1.72. The van der Waals surface area contributed by atoms with Crippen molar-refractivity contribution in [1.82, 2.24) is 4.72 Å². The molecule has 0 aromatic heterocycles. The lowest BCUT2D eigenvalue weighted by Gasteiger charge is -2.19. The number of rotatable bonds is 9. The Morgan fingerprint density at radius 1 is 0.880 bits per heavy atom. The second-order valence-electron chi connectivity index (χ2n) is 5.78. The molecular weight excluding hydrogens is 358 g/mol. The summed E-state index contributed by atoms with van der Waals surface area (Å²) in [4.78, 5) is 0.177. The van der Waals surface area contributed by atoms with Gasteiger partial charge in [0.2, 0.25) is 10.0 Å². The highest BCUT2D eigenvalue weighted by Gasteiger charge is 2.30. The van der Waals surface area contributed by atoms with Crippen LogP contribution >= 0.6 is 0 Å². The summed E-state index contributed by atoms with van der Waals surface area (Å²) >= 11 is 0. The van der Waals surface area contributed by atoms with Gasteiger partial charge in [0.1, 0.15) is 5.25 Å². The van der Waals surface area contributed by atoms with Gasteiger partial charge in [-0.3, -0.25) is 0 Å². The van der Waals surface area contributed by atoms with E-state index in [1.165, 1.54) is 12.1 Å². The van der Waals surface area contributed by atoms with Crippen LogP contribution in [-0.4, -0.2) is 29.1 Å². The zero-order valence-corrected chi connectivity index (χ0v) is 15.8. The predicted molar refractivity (Wildman–Crippen MR) is 99.5 cm³/mol. The molecule has 1 atom stereocenters. The molecule has 0 spiro atoms. The fourth-order valence-corrected chi connectivity index (χ4v) is 5.48. The average Bonchev–Trinajstić information content (AvgIpc) is 2.61. The Bertz CT molecular complexity index is 864. The van der Waals surface area contributed by atoms with Crippen molar-refractivity contribution >= 4 is 19.9 Å². The maximum absolute atomic E-state index is 13.0. The van der Waals surface area contributed by atoms with Gasteiger partial charge in [0.25, 0.3) is 0 Å². The van der Waals surface area contributed by atoms with Gasteiger partial charge < -0.3 is 0 Å². The molecular formula is C18H23NO4S2. The summed E-state index contributed by atoms with van der Waals surface area (Å²) in [6.07, 6.45) is 1.29. The third-order valence-corrected chi connectivity index (χ3v) is 7.42. The number of nitrogens with one attached hydrogen (secondary N) is 1. The maximum Gasteiger partial charge on any atom is 0.211 e. The summed E-state index contributed by atoms with van der Waals surface area (Å²) in [7, 11) is -7.23. The zero-order valence-electron chi connectivity index (χ0n) is 14.1. The Morgan fingerprint density at radius 2 is 1.44 bits per heavy atom. The van der Waals surface area contributed by atoms with E-state index in [0.717, 1.165) is 6.42 Å². The van der Waals surface area contributed by atoms with Crippen molar-refractivity contribution in [2.75, 3.05) is 12.3 Å². The molecule has 0 aliphatic rings. The third-order valence-electron chi connectivity index (χ3n) is 3.87. The first-order valence-corrected chi connectivity index (χ1v) is 11.4. The maximum atomic E-state index is 13.0. The normalized spacial score (nSPS) is 13.5. The van der Waals surface area contributed by atoms with Crippen LogP contribution in [0.3, 0.4) is 0 Å². The van der Waals surface area contributed by atoms with Crippen molar-refractivity contribution in [3.63, 3.8) is 0 Å². The SMILES string of the molecule is CCCCS(=O)(=O)NC[C@@H](c1ccccc1)S(=O)(=O)c1ccccc1. The van der Waals surface area contributed by atoms with E-state index in [1.807, 2.05) is 6.92 Å². The van der Waals surface area contributed by atoms with E-state index in [9.17, 15) is 16.8 Å². The first kappa shape index (κ1) is 19.6. The zero-order chi connectivity index (χ0) is 18.3. The van der Waals surface area contributed by atoms with Gasteiger partial charge in [-0.25, -0.2) is 21.6 Å². The Hall–Kier alpha value is -1.70. The summed E-state index contributed by atoms with van der Waals surface area (Å²) in [6, 6.07) is 16.8. The largest absolute Gasteiger partial charge is 0.223 e. The first-order chi connectivity index (χ1) is 11.9. The van der Waals surface area contributed by atoms with Gasteiger partial charge in [-0.1, -0.05) is 61.9 Å². The Morgan fingerprint density at radius 3 is 2.00 bits per heavy atom. The molecule has 2 rings (SSSR count). The second-order valence-corrected chi connectivity index (χ2v) is 9.84. The van der Waals surface area contributed by atoms with Gasteiger partial charge in [0.15, 0.2) is 9.84 Å². The number of hydrogen-bond donors (Lipinski definition) is 1. The fraction of sp³-hybridized carbons (Fsp3) is 0.333. The highest BCUT2D eigenvalue weighted by Crippen LogP contribution is 2.28. The van der Waals surface area contributed by atoms with E-state index in [1.54, 1.807) is 48.5 Å². The molecule has 0 heterocycles. The molecule has 0 saturated heterocycles. The van der Waals surface area contributed by atoms with Crippen LogP contribution in [0.25, 0.3) is 0 Å². The van der Waals surface area contributed by atoms with Crippen LogP contribution in [0, 0.1) is 0 Å². The van der Waals surface area contributed by atoms with E-state index >= 15 is 0 Å². The summed E-state index contributed by atoms with van der Waals surface area (Å²) < 4.78 is 52.7. The number of sulfonamides is 1. The Labute approximate surface area is 150 Å². The summed E-state index contributed by atoms with van der Waals surface area (Å²) in [5, 5.41) is -0.979. The summed E-state index contributed by atoms with van der Waals surface area (Å²) in [5.74, 6) is -0.00358. The number of unbranched alkanes of at least 4 members (excludes halogenated alkanes) is 1. The van der Waals surface area contributed by atoms with Gasteiger partial charge in [0, 0.05) is 6.54 Å². The number of sulfone groups is 1. The molecule has 0 aliphatic heterocycles. The molecule has 5 nitrogen and oxygen atoms in total. The molecule has 0 amide bonds. The smallest absolute Gasteiger partial charge is 0.211 e. The van der Waals surface area contributed by atoms with Crippen LogP contribution in [0.15, 0.2) is 65.6 Å². The van der Waals surface area contributed by atoms with Crippen LogP contribution in [-0.2, 0) is 19.9 Å². The molecule has 2 aromatic rings. The first-order valence-electron chi connectivity index (χ1n) is 8.18. The topological polar surface area (TPSA) is 80.3 Å². The second kappa shape index (κ2) is 8.60. The molecule has 0 fully saturated rings. The van der Waals surface area contributed by atoms with Crippen LogP contribution in [0.2, 0.25) is 0 Å². The number of hydrogen-bond acceptors (Lipinski definition) is 4. The molecule has 2 aromatic carbocycles. The standard InChI is InChI=1S/C18H23NO4S2/c1-2-3-14-24(20,21)19-15-18(16-10-6-4-7-11-16)25(22,23)17-12-8-5-9-13-17/h4-13,18-19H,2-3,14-15H2,1H3/t18-/m0/s1.